The van der Waals surface area contributed by atoms with Crippen molar-refractivity contribution in [3.05, 3.63) is 33.8 Å². The van der Waals surface area contributed by atoms with Gasteiger partial charge in [0.05, 0.1) is 12.0 Å². The molecule has 2 aliphatic heterocycles. The number of allylic oxidation sites excluding steroid dienone is 1. The monoisotopic (exact) mass is 324 g/mol. The summed E-state index contributed by atoms with van der Waals surface area (Å²) in [4.78, 5) is 26.1. The summed E-state index contributed by atoms with van der Waals surface area (Å²) < 4.78 is 3.96. The van der Waals surface area contributed by atoms with Gasteiger partial charge in [-0.3, -0.25) is 9.69 Å². The topological polar surface area (TPSA) is 90.7 Å². The average molecular weight is 324 g/mol. The number of fused-ring (bicyclic) bond motifs is 1. The van der Waals surface area contributed by atoms with Crippen molar-refractivity contribution in [2.24, 2.45) is 5.92 Å². The van der Waals surface area contributed by atoms with E-state index in [-0.39, 0.29) is 17.0 Å². The van der Waals surface area contributed by atoms with Crippen LogP contribution in [0.2, 0.25) is 0 Å². The molecule has 1 aromatic heterocycles. The third-order valence-electron chi connectivity index (χ3n) is 3.39. The van der Waals surface area contributed by atoms with Gasteiger partial charge in [-0.2, -0.15) is 0 Å². The van der Waals surface area contributed by atoms with E-state index < -0.39 is 18.0 Å². The van der Waals surface area contributed by atoms with Crippen molar-refractivity contribution in [2.75, 3.05) is 0 Å². The van der Waals surface area contributed by atoms with Crippen LogP contribution in [0.25, 0.3) is 6.08 Å². The Morgan fingerprint density at radius 3 is 2.86 bits per heavy atom. The minimum atomic E-state index is -1.13. The number of carboxylic acids is 1. The van der Waals surface area contributed by atoms with Crippen molar-refractivity contribution in [1.29, 1.82) is 0 Å². The van der Waals surface area contributed by atoms with Crippen molar-refractivity contribution in [2.45, 2.75) is 18.4 Å². The molecule has 2 aliphatic rings. The molecule has 0 bridgehead atoms. The van der Waals surface area contributed by atoms with Crippen LogP contribution in [-0.2, 0) is 9.59 Å². The molecule has 21 heavy (non-hydrogen) atoms. The van der Waals surface area contributed by atoms with Gasteiger partial charge in [0.15, 0.2) is 0 Å². The molecule has 3 rings (SSSR count). The molecule has 0 aromatic carbocycles. The fourth-order valence-electron chi connectivity index (χ4n) is 2.40. The third kappa shape index (κ3) is 2.29. The SMILES string of the molecule is C[C@@H](O)[C@H]1C(=O)N2C(C(=O)O)=C(C=Cc3ccns3)S[C@H]12. The number of aliphatic hydroxyl groups excluding tert-OH is 1. The highest BCUT2D eigenvalue weighted by Crippen LogP contribution is 2.50. The molecule has 8 heteroatoms. The van der Waals surface area contributed by atoms with E-state index >= 15 is 0 Å². The molecule has 1 amide bonds. The summed E-state index contributed by atoms with van der Waals surface area (Å²) >= 11 is 2.60. The maximum atomic E-state index is 12.0. The predicted octanol–water partition coefficient (Wildman–Crippen LogP) is 1.36. The summed E-state index contributed by atoms with van der Waals surface area (Å²) in [6, 6.07) is 1.82. The number of carboxylic acid groups (broad SMARTS) is 1. The van der Waals surface area contributed by atoms with Crippen molar-refractivity contribution < 1.29 is 19.8 Å². The fourth-order valence-corrected chi connectivity index (χ4v) is 4.40. The Morgan fingerprint density at radius 2 is 2.29 bits per heavy atom. The number of carbonyl (C=O) groups excluding carboxylic acids is 1. The number of aromatic nitrogens is 1. The van der Waals surface area contributed by atoms with Gasteiger partial charge < -0.3 is 10.2 Å². The molecule has 3 heterocycles. The van der Waals surface area contributed by atoms with Crippen LogP contribution in [0.15, 0.2) is 28.9 Å². The highest BCUT2D eigenvalue weighted by atomic mass is 32.2. The second-order valence-electron chi connectivity index (χ2n) is 4.75. The zero-order valence-electron chi connectivity index (χ0n) is 11.0. The molecule has 0 saturated carbocycles. The van der Waals surface area contributed by atoms with Gasteiger partial charge in [0.2, 0.25) is 5.91 Å². The number of β-lactam (4-membered cyclic amide) rings is 1. The highest BCUT2D eigenvalue weighted by Gasteiger charge is 2.57. The Labute approximate surface area is 128 Å². The number of nitrogens with zero attached hydrogens (tertiary/aromatic N) is 2. The van der Waals surface area contributed by atoms with E-state index in [0.717, 1.165) is 4.88 Å². The Balaban J connectivity index is 1.89. The molecule has 2 N–H and O–H groups in total. The standard InChI is InChI=1S/C13H12N2O4S2/c1-6(16)9-11(17)15-10(13(18)19)8(20-12(9)15)3-2-7-4-5-14-21-7/h2-6,9,12,16H,1H3,(H,18,19)/t6-,9+,12-/m1/s1. The molecule has 0 aliphatic carbocycles. The van der Waals surface area contributed by atoms with E-state index in [1.807, 2.05) is 6.07 Å². The fraction of sp³-hybridized carbons (Fsp3) is 0.308. The first-order valence-corrected chi connectivity index (χ1v) is 7.90. The van der Waals surface area contributed by atoms with E-state index in [2.05, 4.69) is 4.37 Å². The van der Waals surface area contributed by atoms with Gasteiger partial charge >= 0.3 is 5.97 Å². The second-order valence-corrected chi connectivity index (χ2v) is 6.77. The second kappa shape index (κ2) is 5.28. The summed E-state index contributed by atoms with van der Waals surface area (Å²) in [5.41, 5.74) is -0.00679. The van der Waals surface area contributed by atoms with Crippen LogP contribution in [0.3, 0.4) is 0 Å². The lowest BCUT2D eigenvalue weighted by molar-refractivity contribution is -0.156. The Morgan fingerprint density at radius 1 is 1.52 bits per heavy atom. The van der Waals surface area contributed by atoms with Gasteiger partial charge in [-0.1, -0.05) is 11.8 Å². The Hall–Kier alpha value is -1.64. The average Bonchev–Trinajstić information content (AvgIpc) is 3.01. The lowest BCUT2D eigenvalue weighted by Gasteiger charge is -2.43. The molecular weight excluding hydrogens is 312 g/mol. The van der Waals surface area contributed by atoms with Gasteiger partial charge in [0, 0.05) is 16.0 Å². The predicted molar refractivity (Wildman–Crippen MR) is 79.2 cm³/mol. The number of aliphatic hydroxyl groups is 1. The van der Waals surface area contributed by atoms with Crippen molar-refractivity contribution in [3.63, 3.8) is 0 Å². The summed E-state index contributed by atoms with van der Waals surface area (Å²) in [6.45, 7) is 1.55. The van der Waals surface area contributed by atoms with Gasteiger partial charge in [-0.15, -0.1) is 0 Å². The smallest absolute Gasteiger partial charge is 0.353 e. The lowest BCUT2D eigenvalue weighted by atomic mass is 9.92. The number of thioether (sulfide) groups is 1. The molecule has 1 saturated heterocycles. The largest absolute Gasteiger partial charge is 0.477 e. The number of hydrogen-bond acceptors (Lipinski definition) is 6. The zero-order chi connectivity index (χ0) is 15.1. The van der Waals surface area contributed by atoms with Gasteiger partial charge in [0.1, 0.15) is 11.1 Å². The molecule has 0 unspecified atom stereocenters. The van der Waals surface area contributed by atoms with Crippen molar-refractivity contribution in [3.8, 4) is 0 Å². The number of carbonyl (C=O) groups is 2. The van der Waals surface area contributed by atoms with E-state index in [9.17, 15) is 19.8 Å². The zero-order valence-corrected chi connectivity index (χ0v) is 12.6. The maximum absolute atomic E-state index is 12.0. The summed E-state index contributed by atoms with van der Waals surface area (Å²) in [7, 11) is 0. The van der Waals surface area contributed by atoms with E-state index in [4.69, 9.17) is 0 Å². The molecule has 0 radical (unpaired) electrons. The van der Waals surface area contributed by atoms with Crippen LogP contribution in [0, 0.1) is 5.92 Å². The van der Waals surface area contributed by atoms with E-state index in [1.54, 1.807) is 25.3 Å². The van der Waals surface area contributed by atoms with Gasteiger partial charge in [-0.05, 0) is 36.7 Å². The Bertz CT molecular complexity index is 651. The first kappa shape index (κ1) is 14.3. The molecule has 6 nitrogen and oxygen atoms in total. The van der Waals surface area contributed by atoms with Crippen LogP contribution >= 0.6 is 23.3 Å². The minimum absolute atomic E-state index is 0.00679. The molecule has 1 fully saturated rings. The minimum Gasteiger partial charge on any atom is -0.477 e. The maximum Gasteiger partial charge on any atom is 0.353 e. The van der Waals surface area contributed by atoms with E-state index in [0.29, 0.717) is 4.91 Å². The molecule has 0 spiro atoms. The summed E-state index contributed by atoms with van der Waals surface area (Å²) in [5.74, 6) is -2.01. The normalized spacial score (nSPS) is 26.2. The van der Waals surface area contributed by atoms with Crippen molar-refractivity contribution >= 4 is 41.2 Å². The van der Waals surface area contributed by atoms with Crippen molar-refractivity contribution in [1.82, 2.24) is 9.27 Å². The quantitative estimate of drug-likeness (QED) is 0.813. The molecule has 3 atom stereocenters. The molecule has 110 valence electrons. The van der Waals surface area contributed by atoms with Crippen LogP contribution < -0.4 is 0 Å². The van der Waals surface area contributed by atoms with Crippen LogP contribution in [0.5, 0.6) is 0 Å². The first-order chi connectivity index (χ1) is 10.0. The first-order valence-electron chi connectivity index (χ1n) is 6.25. The van der Waals surface area contributed by atoms with Crippen LogP contribution in [0.4, 0.5) is 0 Å². The van der Waals surface area contributed by atoms with Crippen LogP contribution in [0.1, 0.15) is 11.8 Å². The van der Waals surface area contributed by atoms with E-state index in [1.165, 1.54) is 28.2 Å². The number of hydrogen-bond donors (Lipinski definition) is 2. The summed E-state index contributed by atoms with van der Waals surface area (Å²) in [6.07, 6.45) is 4.34. The van der Waals surface area contributed by atoms with Gasteiger partial charge in [-0.25, -0.2) is 9.17 Å². The highest BCUT2D eigenvalue weighted by molar-refractivity contribution is 8.04. The number of rotatable bonds is 4. The lowest BCUT2D eigenvalue weighted by Crippen LogP contribution is -2.60. The third-order valence-corrected chi connectivity index (χ3v) is 5.42. The molecule has 1 aromatic rings. The summed E-state index contributed by atoms with van der Waals surface area (Å²) in [5, 5.41) is 18.6. The number of amides is 1. The molecular formula is C13H12N2O4S2. The number of aliphatic carboxylic acids is 1. The van der Waals surface area contributed by atoms with Crippen LogP contribution in [-0.4, -0.2) is 42.8 Å². The Kier molecular flexibility index (Phi) is 3.60. The van der Waals surface area contributed by atoms with Gasteiger partial charge in [0.25, 0.3) is 0 Å².